The molecule has 98 valence electrons. The minimum Gasteiger partial charge on any atom is -0.385 e. The minimum atomic E-state index is 0.279. The van der Waals surface area contributed by atoms with Crippen molar-refractivity contribution in [2.45, 2.75) is 32.2 Å². The lowest BCUT2D eigenvalue weighted by molar-refractivity contribution is 0.189. The van der Waals surface area contributed by atoms with Crippen molar-refractivity contribution in [3.63, 3.8) is 0 Å². The van der Waals surface area contributed by atoms with Crippen LogP contribution >= 0.6 is 34.5 Å². The van der Waals surface area contributed by atoms with Crippen molar-refractivity contribution in [1.82, 2.24) is 5.32 Å². The molecule has 0 bridgehead atoms. The summed E-state index contributed by atoms with van der Waals surface area (Å²) in [6, 6.07) is 2.25. The Morgan fingerprint density at radius 3 is 2.76 bits per heavy atom. The molecule has 0 fully saturated rings. The molecule has 1 atom stereocenters. The van der Waals surface area contributed by atoms with Crippen molar-refractivity contribution in [3.05, 3.63) is 20.3 Å². The Bertz CT molecular complexity index is 330. The van der Waals surface area contributed by atoms with Crippen molar-refractivity contribution in [1.29, 1.82) is 0 Å². The first-order valence-corrected chi connectivity index (χ1v) is 7.43. The number of nitrogens with one attached hydrogen (secondary N) is 1. The molecule has 0 saturated heterocycles. The van der Waals surface area contributed by atoms with Crippen molar-refractivity contribution in [3.8, 4) is 0 Å². The monoisotopic (exact) mass is 295 g/mol. The van der Waals surface area contributed by atoms with Gasteiger partial charge in [0, 0.05) is 25.3 Å². The standard InChI is InChI=1S/C12H19Cl2NOS/c1-3-6-15-10(5-4-7-16-2)9-8-11(13)17-12(9)14/h8,10,15H,3-7H2,1-2H3. The van der Waals surface area contributed by atoms with Crippen molar-refractivity contribution in [2.75, 3.05) is 20.3 Å². The van der Waals surface area contributed by atoms with E-state index in [-0.39, 0.29) is 6.04 Å². The molecule has 0 aliphatic rings. The molecule has 1 unspecified atom stereocenters. The van der Waals surface area contributed by atoms with Gasteiger partial charge >= 0.3 is 0 Å². The zero-order valence-corrected chi connectivity index (χ0v) is 12.6. The first-order chi connectivity index (χ1) is 8.19. The number of halogens is 2. The van der Waals surface area contributed by atoms with Crippen LogP contribution in [0.4, 0.5) is 0 Å². The summed E-state index contributed by atoms with van der Waals surface area (Å²) >= 11 is 13.6. The Labute approximate surface area is 117 Å². The Kier molecular flexibility index (Phi) is 7.47. The van der Waals surface area contributed by atoms with Gasteiger partial charge in [-0.15, -0.1) is 11.3 Å². The van der Waals surface area contributed by atoms with Crippen molar-refractivity contribution in [2.24, 2.45) is 0 Å². The Hall–Kier alpha value is 0.200. The summed E-state index contributed by atoms with van der Waals surface area (Å²) in [7, 11) is 1.73. The third kappa shape index (κ3) is 5.14. The summed E-state index contributed by atoms with van der Waals surface area (Å²) in [5.74, 6) is 0. The molecule has 0 aliphatic heterocycles. The van der Waals surface area contributed by atoms with Crippen molar-refractivity contribution < 1.29 is 4.74 Å². The van der Waals surface area contributed by atoms with E-state index in [1.165, 1.54) is 11.3 Å². The maximum absolute atomic E-state index is 6.19. The first-order valence-electron chi connectivity index (χ1n) is 5.86. The predicted octanol–water partition coefficient (Wildman–Crippen LogP) is 4.52. The van der Waals surface area contributed by atoms with E-state index in [1.54, 1.807) is 7.11 Å². The van der Waals surface area contributed by atoms with E-state index in [4.69, 9.17) is 27.9 Å². The predicted molar refractivity (Wildman–Crippen MR) is 76.5 cm³/mol. The highest BCUT2D eigenvalue weighted by molar-refractivity contribution is 7.20. The summed E-state index contributed by atoms with van der Waals surface area (Å²) < 4.78 is 6.63. The number of ether oxygens (including phenoxy) is 1. The van der Waals surface area contributed by atoms with E-state index >= 15 is 0 Å². The molecule has 1 aromatic heterocycles. The lowest BCUT2D eigenvalue weighted by Gasteiger charge is -2.18. The summed E-state index contributed by atoms with van der Waals surface area (Å²) in [4.78, 5) is 0. The molecule has 0 radical (unpaired) electrons. The zero-order chi connectivity index (χ0) is 12.7. The summed E-state index contributed by atoms with van der Waals surface area (Å²) in [6.07, 6.45) is 3.14. The number of hydrogen-bond acceptors (Lipinski definition) is 3. The Balaban J connectivity index is 2.64. The van der Waals surface area contributed by atoms with E-state index in [0.717, 1.165) is 46.7 Å². The number of thiophene rings is 1. The van der Waals surface area contributed by atoms with Crippen LogP contribution in [0.1, 0.15) is 37.8 Å². The molecule has 0 spiro atoms. The highest BCUT2D eigenvalue weighted by Gasteiger charge is 2.16. The number of rotatable bonds is 8. The second-order valence-corrected chi connectivity index (χ2v) is 6.21. The number of methoxy groups -OCH3 is 1. The summed E-state index contributed by atoms with van der Waals surface area (Å²) in [5, 5.41) is 3.51. The number of hydrogen-bond donors (Lipinski definition) is 1. The van der Waals surface area contributed by atoms with Gasteiger partial charge in [0.2, 0.25) is 0 Å². The quantitative estimate of drug-likeness (QED) is 0.712. The van der Waals surface area contributed by atoms with Crippen LogP contribution in [0.15, 0.2) is 6.07 Å². The second-order valence-electron chi connectivity index (χ2n) is 3.92. The molecule has 17 heavy (non-hydrogen) atoms. The van der Waals surface area contributed by atoms with Crippen LogP contribution in [0.25, 0.3) is 0 Å². The van der Waals surface area contributed by atoms with Gasteiger partial charge in [-0.1, -0.05) is 30.1 Å². The second kappa shape index (κ2) is 8.33. The third-order valence-electron chi connectivity index (χ3n) is 2.54. The van der Waals surface area contributed by atoms with Gasteiger partial charge in [0.25, 0.3) is 0 Å². The lowest BCUT2D eigenvalue weighted by atomic mass is 10.1. The van der Waals surface area contributed by atoms with Gasteiger partial charge < -0.3 is 10.1 Å². The van der Waals surface area contributed by atoms with Crippen LogP contribution in [0.2, 0.25) is 8.67 Å². The van der Waals surface area contributed by atoms with Crippen LogP contribution in [-0.2, 0) is 4.74 Å². The molecule has 1 rings (SSSR count). The fourth-order valence-corrected chi connectivity index (χ4v) is 3.29. The van der Waals surface area contributed by atoms with E-state index in [1.807, 2.05) is 6.07 Å². The van der Waals surface area contributed by atoms with E-state index in [2.05, 4.69) is 12.2 Å². The molecule has 5 heteroatoms. The van der Waals surface area contributed by atoms with Crippen LogP contribution in [0.5, 0.6) is 0 Å². The van der Waals surface area contributed by atoms with Crippen LogP contribution in [0.3, 0.4) is 0 Å². The maximum Gasteiger partial charge on any atom is 0.0991 e. The van der Waals surface area contributed by atoms with E-state index < -0.39 is 0 Å². The van der Waals surface area contributed by atoms with Gasteiger partial charge in [-0.2, -0.15) is 0 Å². The summed E-state index contributed by atoms with van der Waals surface area (Å²) in [6.45, 7) is 3.92. The molecule has 0 saturated carbocycles. The Morgan fingerprint density at radius 2 is 2.24 bits per heavy atom. The van der Waals surface area contributed by atoms with Crippen LogP contribution in [0, 0.1) is 0 Å². The highest BCUT2D eigenvalue weighted by atomic mass is 35.5. The molecule has 1 heterocycles. The summed E-state index contributed by atoms with van der Waals surface area (Å²) in [5.41, 5.74) is 1.12. The molecule has 1 aromatic rings. The van der Waals surface area contributed by atoms with Gasteiger partial charge in [0.1, 0.15) is 0 Å². The molecule has 2 nitrogen and oxygen atoms in total. The smallest absolute Gasteiger partial charge is 0.0991 e. The molecular formula is C12H19Cl2NOS. The zero-order valence-electron chi connectivity index (χ0n) is 10.3. The van der Waals surface area contributed by atoms with Gasteiger partial charge in [-0.05, 0) is 31.9 Å². The average molecular weight is 296 g/mol. The fraction of sp³-hybridized carbons (Fsp3) is 0.667. The van der Waals surface area contributed by atoms with Gasteiger partial charge in [0.15, 0.2) is 0 Å². The van der Waals surface area contributed by atoms with E-state index in [9.17, 15) is 0 Å². The lowest BCUT2D eigenvalue weighted by Crippen LogP contribution is -2.22. The highest BCUT2D eigenvalue weighted by Crippen LogP contribution is 2.36. The first kappa shape index (κ1) is 15.3. The molecule has 0 aliphatic carbocycles. The third-order valence-corrected chi connectivity index (χ3v) is 4.06. The molecule has 1 N–H and O–H groups in total. The maximum atomic E-state index is 6.19. The topological polar surface area (TPSA) is 21.3 Å². The molecular weight excluding hydrogens is 277 g/mol. The van der Waals surface area contributed by atoms with Gasteiger partial charge in [-0.3, -0.25) is 0 Å². The van der Waals surface area contributed by atoms with Crippen LogP contribution < -0.4 is 5.32 Å². The van der Waals surface area contributed by atoms with Crippen molar-refractivity contribution >= 4 is 34.5 Å². The van der Waals surface area contributed by atoms with Gasteiger partial charge in [-0.25, -0.2) is 0 Å². The average Bonchev–Trinajstić information content (AvgIpc) is 2.63. The normalized spacial score (nSPS) is 12.9. The van der Waals surface area contributed by atoms with Gasteiger partial charge in [0.05, 0.1) is 8.67 Å². The molecule has 0 aromatic carbocycles. The van der Waals surface area contributed by atoms with Crippen LogP contribution in [-0.4, -0.2) is 20.3 Å². The SMILES string of the molecule is CCCNC(CCCOC)c1cc(Cl)sc1Cl. The van der Waals surface area contributed by atoms with E-state index in [0.29, 0.717) is 0 Å². The minimum absolute atomic E-state index is 0.279. The Morgan fingerprint density at radius 1 is 1.47 bits per heavy atom. The molecule has 0 amide bonds. The fourth-order valence-electron chi connectivity index (χ4n) is 1.71. The largest absolute Gasteiger partial charge is 0.385 e.